The Labute approximate surface area is 661 Å². The Hall–Kier alpha value is -10.4. The van der Waals surface area contributed by atoms with Crippen molar-refractivity contribution >= 4 is 112 Å². The van der Waals surface area contributed by atoms with Gasteiger partial charge in [0.2, 0.25) is 17.7 Å². The molecule has 2 aromatic heterocycles. The van der Waals surface area contributed by atoms with E-state index in [0.717, 1.165) is 69.0 Å². The van der Waals surface area contributed by atoms with Gasteiger partial charge in [0.15, 0.2) is 50.9 Å². The van der Waals surface area contributed by atoms with Gasteiger partial charge in [0, 0.05) is 44.3 Å². The number of halogens is 2. The van der Waals surface area contributed by atoms with Gasteiger partial charge in [-0.15, -0.1) is 0 Å². The van der Waals surface area contributed by atoms with E-state index in [-0.39, 0.29) is 109 Å². The number of likely N-dealkylation sites (N-methyl/N-ethyl adjacent to an activating group) is 2. The fourth-order valence-electron chi connectivity index (χ4n) is 12.4. The summed E-state index contributed by atoms with van der Waals surface area (Å²) in [5, 5.41) is 64.0. The normalized spacial score (nSPS) is 13.9. The summed E-state index contributed by atoms with van der Waals surface area (Å²) in [6.45, 7) is 9.12. The molecule has 25 N–H and O–H groups in total. The minimum Gasteiger partial charge on any atom is -0.492 e. The van der Waals surface area contributed by atoms with Crippen molar-refractivity contribution in [2.75, 3.05) is 110 Å². The number of hydrogen-bond acceptors (Lipinski definition) is 23. The standard InChI is InChI=1S/C72H112Cl2N22O16/c1-9-13-45(96(7,8)34-30-81-68(106)58-62(75)93-64(77)60(73)91-58)22-17-44-20-25-48(26-21-44)112-36-32-84-72(110)90-50(70(108)109)27-28-54(97)88-51(37-55(98)99)41(3)86-49(16-11-29-83-71(79)80)67(105)89-52(38-56(100)101)42(4)87-53(39-57(102)103)66(104)82-31-35-111-47-23-18-43(19-24-47)15-12-33-95(5,6)46(14-10-2)40-85-69(107)59-63(76)94-65(78)61(74)92-59/h18-21,23-26,41-42,45-46,49-53,86-87H,9-17,22,27-40H2,1-8H3,(H21-2,75,76,77,78,79,80,81,82,83,84,85,88,89,90,93,94,97,98,99,100,101,102,103,104,105,106,107,108,109,110)/p+2. The highest BCUT2D eigenvalue weighted by Crippen LogP contribution is 2.24. The van der Waals surface area contributed by atoms with Crippen molar-refractivity contribution in [1.29, 1.82) is 0 Å². The smallest absolute Gasteiger partial charge is 0.326 e. The summed E-state index contributed by atoms with van der Waals surface area (Å²) in [5.74, 6) is -8.59. The summed E-state index contributed by atoms with van der Waals surface area (Å²) >= 11 is 12.0. The van der Waals surface area contributed by atoms with Crippen molar-refractivity contribution in [3.8, 4) is 11.5 Å². The molecule has 40 heteroatoms. The van der Waals surface area contributed by atoms with E-state index in [9.17, 15) is 68.4 Å². The van der Waals surface area contributed by atoms with Crippen LogP contribution in [0.1, 0.15) is 143 Å². The summed E-state index contributed by atoms with van der Waals surface area (Å²) in [6, 6.07) is 5.40. The number of carbonyl (C=O) groups is 10. The molecular formula is C72H114Cl2N22O16+2. The highest BCUT2D eigenvalue weighted by Gasteiger charge is 2.35. The number of aliphatic imine (C=N–C) groups is 1. The molecule has 0 aliphatic heterocycles. The van der Waals surface area contributed by atoms with Crippen LogP contribution < -0.4 is 91.7 Å². The number of guanidine groups is 1. The van der Waals surface area contributed by atoms with Gasteiger partial charge in [0.1, 0.15) is 36.8 Å². The Balaban J connectivity index is 1.27. The maximum atomic E-state index is 14.3. The zero-order chi connectivity index (χ0) is 83.4. The second kappa shape index (κ2) is 47.1. The summed E-state index contributed by atoms with van der Waals surface area (Å²) in [6.07, 6.45) is 3.79. The Morgan fingerprint density at radius 3 is 1.53 bits per heavy atom. The molecule has 9 unspecified atom stereocenters. The molecule has 7 amide bonds. The number of carbonyl (C=O) groups excluding carboxylic acids is 6. The van der Waals surface area contributed by atoms with Crippen molar-refractivity contribution in [1.82, 2.24) is 67.8 Å². The SMILES string of the molecule is CCCC(CCc1ccc(OCCNC(=O)NC(CCC(=O)NC(CC(=O)O)C(C)NC(CCCN=C(N)N)C(=O)NC(CC(=O)O)C(C)NC(CC(=O)O)C(=O)NCCOc2ccc(CCC[N+](C)(C)C(CCC)CNC(=O)c3nc(Cl)c(N)nc3N)cc2)C(=O)O)cc1)[N+](C)(C)CCNC(=O)c1nc(Cl)c(N)nc1N. The van der Waals surface area contributed by atoms with Gasteiger partial charge in [0.05, 0.1) is 117 Å². The first kappa shape index (κ1) is 94.0. The third kappa shape index (κ3) is 33.7. The van der Waals surface area contributed by atoms with Crippen molar-refractivity contribution in [2.45, 2.75) is 178 Å². The molecule has 0 saturated heterocycles. The zero-order valence-corrected chi connectivity index (χ0v) is 66.3. The lowest BCUT2D eigenvalue weighted by Crippen LogP contribution is -2.60. The molecule has 0 spiro atoms. The van der Waals surface area contributed by atoms with Crippen LogP contribution >= 0.6 is 23.2 Å². The first-order valence-electron chi connectivity index (χ1n) is 37.0. The topological polar surface area (TPSA) is 598 Å². The van der Waals surface area contributed by atoms with E-state index in [1.165, 1.54) is 13.8 Å². The lowest BCUT2D eigenvalue weighted by molar-refractivity contribution is -0.914. The number of aliphatic carboxylic acids is 4. The van der Waals surface area contributed by atoms with E-state index in [4.69, 9.17) is 67.1 Å². The minimum atomic E-state index is -1.57. The van der Waals surface area contributed by atoms with Gasteiger partial charge < -0.3 is 121 Å². The largest absolute Gasteiger partial charge is 0.492 e. The zero-order valence-electron chi connectivity index (χ0n) is 64.8. The van der Waals surface area contributed by atoms with Crippen LogP contribution in [0.4, 0.5) is 28.1 Å². The van der Waals surface area contributed by atoms with Crippen molar-refractivity contribution in [3.63, 3.8) is 0 Å². The average Bonchev–Trinajstić information content (AvgIpc) is 0.842. The molecule has 0 bridgehead atoms. The van der Waals surface area contributed by atoms with E-state index in [1.807, 2.05) is 24.3 Å². The fourth-order valence-corrected chi connectivity index (χ4v) is 12.7. The lowest BCUT2D eigenvalue weighted by atomic mass is 9.99. The molecule has 38 nitrogen and oxygen atoms in total. The maximum absolute atomic E-state index is 14.3. The predicted molar refractivity (Wildman–Crippen MR) is 422 cm³/mol. The van der Waals surface area contributed by atoms with E-state index >= 15 is 0 Å². The third-order valence-electron chi connectivity index (χ3n) is 18.9. The van der Waals surface area contributed by atoms with Gasteiger partial charge in [-0.05, 0) is 87.8 Å². The molecular weight excluding hydrogens is 1500 g/mol. The van der Waals surface area contributed by atoms with Gasteiger partial charge in [-0.25, -0.2) is 29.5 Å². The maximum Gasteiger partial charge on any atom is 0.326 e. The second-order valence-electron chi connectivity index (χ2n) is 28.4. The number of aromatic nitrogens is 4. The summed E-state index contributed by atoms with van der Waals surface area (Å²) < 4.78 is 13.0. The first-order valence-corrected chi connectivity index (χ1v) is 37.8. The molecule has 2 heterocycles. The van der Waals surface area contributed by atoms with Crippen molar-refractivity contribution in [2.24, 2.45) is 16.5 Å². The number of carboxylic acids is 4. The van der Waals surface area contributed by atoms with Gasteiger partial charge >= 0.3 is 29.9 Å². The molecule has 0 saturated carbocycles. The van der Waals surface area contributed by atoms with Crippen LogP contribution in [-0.2, 0) is 46.4 Å². The van der Waals surface area contributed by atoms with Crippen molar-refractivity contribution < 1.29 is 86.8 Å². The van der Waals surface area contributed by atoms with Crippen LogP contribution in [0.15, 0.2) is 53.5 Å². The predicted octanol–water partition coefficient (Wildman–Crippen LogP) is 1.36. The average molecular weight is 1610 g/mol. The summed E-state index contributed by atoms with van der Waals surface area (Å²) in [5.41, 5.74) is 36.0. The quantitative estimate of drug-likeness (QED) is 0.0128. The Morgan fingerprint density at radius 2 is 1.01 bits per heavy atom. The van der Waals surface area contributed by atoms with Gasteiger partial charge in [0.25, 0.3) is 11.8 Å². The van der Waals surface area contributed by atoms with Gasteiger partial charge in [-0.3, -0.25) is 43.3 Å². The van der Waals surface area contributed by atoms with E-state index in [0.29, 0.717) is 40.1 Å². The van der Waals surface area contributed by atoms with Crippen LogP contribution in [0.3, 0.4) is 0 Å². The number of anilines is 4. The van der Waals surface area contributed by atoms with Crippen LogP contribution in [0.25, 0.3) is 0 Å². The number of nitrogens with zero attached hydrogens (tertiary/aromatic N) is 7. The Kier molecular flexibility index (Phi) is 39.5. The fraction of sp³-hybridized carbons (Fsp3) is 0.569. The Morgan fingerprint density at radius 1 is 0.518 bits per heavy atom. The monoisotopic (exact) mass is 1610 g/mol. The molecule has 112 heavy (non-hydrogen) atoms. The number of benzene rings is 2. The van der Waals surface area contributed by atoms with Crippen molar-refractivity contribution in [3.05, 3.63) is 81.4 Å². The molecule has 0 aliphatic carbocycles. The molecule has 2 aromatic carbocycles. The van der Waals surface area contributed by atoms with E-state index < -0.39 is 134 Å². The number of nitrogens with two attached hydrogens (primary N) is 6. The third-order valence-corrected chi connectivity index (χ3v) is 19.4. The molecule has 0 fully saturated rings. The van der Waals surface area contributed by atoms with E-state index in [1.54, 1.807) is 24.3 Å². The molecule has 4 rings (SSSR count). The number of aryl methyl sites for hydroxylation is 2. The molecule has 0 radical (unpaired) electrons. The number of rotatable bonds is 53. The highest BCUT2D eigenvalue weighted by molar-refractivity contribution is 6.32. The van der Waals surface area contributed by atoms with Crippen LogP contribution in [-0.4, -0.2) is 256 Å². The highest BCUT2D eigenvalue weighted by atomic mass is 35.5. The number of carboxylic acid groups (broad SMARTS) is 4. The number of amides is 7. The molecule has 0 aliphatic rings. The molecule has 620 valence electrons. The minimum absolute atomic E-state index is 0.0113. The first-order chi connectivity index (χ1) is 52.8. The van der Waals surface area contributed by atoms with E-state index in [2.05, 4.69) is 115 Å². The number of nitrogen functional groups attached to an aromatic ring is 4. The number of urea groups is 1. The van der Waals surface area contributed by atoms with Crippen LogP contribution in [0.2, 0.25) is 10.3 Å². The summed E-state index contributed by atoms with van der Waals surface area (Å²) in [7, 11) is 8.42. The number of nitrogens with one attached hydrogen (secondary N) is 9. The molecule has 4 aromatic rings. The summed E-state index contributed by atoms with van der Waals surface area (Å²) in [4.78, 5) is 149. The number of ether oxygens (including phenoxy) is 2. The van der Waals surface area contributed by atoms with Gasteiger partial charge in [-0.2, -0.15) is 0 Å². The van der Waals surface area contributed by atoms with Gasteiger partial charge in [-0.1, -0.05) is 74.2 Å². The number of quaternary nitrogens is 2. The lowest BCUT2D eigenvalue weighted by Gasteiger charge is -2.38. The van der Waals surface area contributed by atoms with Crippen LogP contribution in [0, 0.1) is 0 Å². The number of hydrogen-bond donors (Lipinski definition) is 19. The Bertz CT molecular complexity index is 3800. The second-order valence-corrected chi connectivity index (χ2v) is 29.1. The molecule has 9 atom stereocenters. The van der Waals surface area contributed by atoms with Crippen LogP contribution in [0.5, 0.6) is 11.5 Å².